The summed E-state index contributed by atoms with van der Waals surface area (Å²) in [6.45, 7) is 0.770. The zero-order valence-corrected chi connectivity index (χ0v) is 17.6. The lowest BCUT2D eigenvalue weighted by Crippen LogP contribution is -2.51. The number of amides is 2. The van der Waals surface area contributed by atoms with E-state index in [1.807, 2.05) is 54.4 Å². The van der Waals surface area contributed by atoms with Gasteiger partial charge in [-0.25, -0.2) is 4.98 Å². The minimum Gasteiger partial charge on any atom is -0.349 e. The molecule has 1 unspecified atom stereocenters. The van der Waals surface area contributed by atoms with E-state index in [0.717, 1.165) is 28.7 Å². The zero-order chi connectivity index (χ0) is 21.8. The van der Waals surface area contributed by atoms with Crippen LogP contribution < -0.4 is 10.2 Å². The summed E-state index contributed by atoms with van der Waals surface area (Å²) < 4.78 is 2.05. The van der Waals surface area contributed by atoms with Crippen LogP contribution in [0.5, 0.6) is 0 Å². The number of carbonyl (C=O) groups excluding carboxylic acids is 2. The van der Waals surface area contributed by atoms with E-state index >= 15 is 0 Å². The number of hydrogen-bond acceptors (Lipinski definition) is 4. The van der Waals surface area contributed by atoms with Crippen LogP contribution >= 0.6 is 0 Å². The topological polar surface area (TPSA) is 86.3 Å². The third kappa shape index (κ3) is 2.65. The maximum absolute atomic E-state index is 13.4. The van der Waals surface area contributed by atoms with Crippen LogP contribution in [0.1, 0.15) is 27.8 Å². The molecule has 2 amide bonds. The fourth-order valence-corrected chi connectivity index (χ4v) is 5.13. The van der Waals surface area contributed by atoms with E-state index < -0.39 is 0 Å². The van der Waals surface area contributed by atoms with Gasteiger partial charge in [0.15, 0.2) is 0 Å². The second-order valence-electron chi connectivity index (χ2n) is 8.20. The fraction of sp³-hybridized carbons (Fsp3) is 0.208. The van der Waals surface area contributed by atoms with Gasteiger partial charge in [-0.2, -0.15) is 0 Å². The summed E-state index contributed by atoms with van der Waals surface area (Å²) in [7, 11) is 2.02. The van der Waals surface area contributed by atoms with Gasteiger partial charge in [-0.05, 0) is 30.2 Å². The smallest absolute Gasteiger partial charge is 0.257 e. The Kier molecular flexibility index (Phi) is 4.07. The summed E-state index contributed by atoms with van der Waals surface area (Å²) in [5.74, 6) is 0.276. The first-order chi connectivity index (χ1) is 15.6. The molecule has 2 aromatic carbocycles. The van der Waals surface area contributed by atoms with Crippen molar-refractivity contribution in [2.45, 2.75) is 19.1 Å². The Morgan fingerprint density at radius 3 is 2.84 bits per heavy atom. The molecule has 4 aromatic rings. The minimum atomic E-state index is -0.273. The highest BCUT2D eigenvalue weighted by atomic mass is 16.2. The van der Waals surface area contributed by atoms with Crippen LogP contribution in [0, 0.1) is 0 Å². The molecule has 8 nitrogen and oxygen atoms in total. The lowest BCUT2D eigenvalue weighted by molar-refractivity contribution is -0.116. The summed E-state index contributed by atoms with van der Waals surface area (Å²) in [4.78, 5) is 37.4. The highest BCUT2D eigenvalue weighted by Gasteiger charge is 2.42. The van der Waals surface area contributed by atoms with Crippen molar-refractivity contribution in [3.63, 3.8) is 0 Å². The first kappa shape index (κ1) is 18.7. The van der Waals surface area contributed by atoms with Gasteiger partial charge in [-0.15, -0.1) is 0 Å². The molecular formula is C24H22N6O2. The van der Waals surface area contributed by atoms with E-state index in [-0.39, 0.29) is 24.5 Å². The van der Waals surface area contributed by atoms with Crippen LogP contribution in [0.15, 0.2) is 60.9 Å². The molecule has 32 heavy (non-hydrogen) atoms. The maximum Gasteiger partial charge on any atom is 0.257 e. The molecule has 1 atom stereocenters. The summed E-state index contributed by atoms with van der Waals surface area (Å²) in [6, 6.07) is 15.9. The van der Waals surface area contributed by atoms with Crippen LogP contribution in [0.3, 0.4) is 0 Å². The summed E-state index contributed by atoms with van der Waals surface area (Å²) >= 11 is 0. The van der Waals surface area contributed by atoms with Crippen LogP contribution in [0.4, 0.5) is 11.6 Å². The first-order valence-corrected chi connectivity index (χ1v) is 10.7. The minimum absolute atomic E-state index is 0.0335. The van der Waals surface area contributed by atoms with E-state index in [4.69, 9.17) is 0 Å². The molecule has 0 fully saturated rings. The molecule has 0 saturated heterocycles. The Balaban J connectivity index is 1.50. The molecule has 0 saturated carbocycles. The van der Waals surface area contributed by atoms with Gasteiger partial charge in [0.25, 0.3) is 5.91 Å². The predicted molar refractivity (Wildman–Crippen MR) is 121 cm³/mol. The van der Waals surface area contributed by atoms with E-state index in [1.54, 1.807) is 12.4 Å². The number of anilines is 2. The van der Waals surface area contributed by atoms with Gasteiger partial charge >= 0.3 is 0 Å². The average molecular weight is 426 g/mol. The Morgan fingerprint density at radius 2 is 2.00 bits per heavy atom. The molecule has 160 valence electrons. The van der Waals surface area contributed by atoms with Gasteiger partial charge in [0.05, 0.1) is 16.9 Å². The van der Waals surface area contributed by atoms with Gasteiger partial charge in [0.2, 0.25) is 11.9 Å². The van der Waals surface area contributed by atoms with Crippen molar-refractivity contribution in [3.05, 3.63) is 77.7 Å². The molecule has 0 radical (unpaired) electrons. The summed E-state index contributed by atoms with van der Waals surface area (Å²) in [5, 5.41) is 3.95. The number of aromatic nitrogens is 3. The number of imidazole rings is 1. The molecule has 2 aliphatic rings. The standard InChI is InChI=1S/C24H22N6O2/c1-28-18-8-4-3-7-17(18)23(32)29-13-10-16-15-6-2-5-9-19(15)30(21(16)22(28)29)14-20(31)27-24-25-11-12-26-24/h2-9,11-12,22H,10,13-14H2,1H3,(H2,25,26,27,31). The summed E-state index contributed by atoms with van der Waals surface area (Å²) in [5.41, 5.74) is 4.81. The highest BCUT2D eigenvalue weighted by Crippen LogP contribution is 2.44. The van der Waals surface area contributed by atoms with Crippen molar-refractivity contribution < 1.29 is 9.59 Å². The van der Waals surface area contributed by atoms with Gasteiger partial charge in [0.1, 0.15) is 12.7 Å². The lowest BCUT2D eigenvalue weighted by atomic mass is 9.96. The number of benzene rings is 2. The number of nitrogens with one attached hydrogen (secondary N) is 2. The third-order valence-corrected chi connectivity index (χ3v) is 6.46. The van der Waals surface area contributed by atoms with Gasteiger partial charge < -0.3 is 19.4 Å². The number of carbonyl (C=O) groups is 2. The van der Waals surface area contributed by atoms with Crippen molar-refractivity contribution in [3.8, 4) is 0 Å². The Hall–Kier alpha value is -4.07. The second kappa shape index (κ2) is 6.98. The second-order valence-corrected chi connectivity index (χ2v) is 8.20. The molecule has 2 aromatic heterocycles. The number of fused-ring (bicyclic) bond motifs is 6. The Labute approximate surface area is 184 Å². The number of aromatic amines is 1. The van der Waals surface area contributed by atoms with Crippen molar-refractivity contribution in [1.29, 1.82) is 0 Å². The lowest BCUT2D eigenvalue weighted by Gasteiger charge is -2.46. The van der Waals surface area contributed by atoms with Crippen molar-refractivity contribution >= 4 is 34.4 Å². The molecule has 0 aliphatic carbocycles. The Bertz CT molecular complexity index is 1360. The molecule has 0 bridgehead atoms. The van der Waals surface area contributed by atoms with Crippen LogP contribution in [0.25, 0.3) is 10.9 Å². The average Bonchev–Trinajstić information content (AvgIpc) is 3.43. The van der Waals surface area contributed by atoms with Gasteiger partial charge in [-0.3, -0.25) is 14.9 Å². The fourth-order valence-electron chi connectivity index (χ4n) is 5.13. The Morgan fingerprint density at radius 1 is 1.19 bits per heavy atom. The molecular weight excluding hydrogens is 404 g/mol. The number of para-hydroxylation sites is 2. The summed E-state index contributed by atoms with van der Waals surface area (Å²) in [6.07, 6.45) is 3.74. The van der Waals surface area contributed by atoms with Crippen molar-refractivity contribution in [2.24, 2.45) is 0 Å². The van der Waals surface area contributed by atoms with Crippen LogP contribution in [-0.2, 0) is 17.8 Å². The molecule has 6 rings (SSSR count). The largest absolute Gasteiger partial charge is 0.349 e. The van der Waals surface area contributed by atoms with Gasteiger partial charge in [0, 0.05) is 36.9 Å². The maximum atomic E-state index is 13.4. The van der Waals surface area contributed by atoms with Gasteiger partial charge in [-0.1, -0.05) is 30.3 Å². The SMILES string of the molecule is CN1c2ccccc2C(=O)N2CCc3c(n(CC(=O)Nc4ncc[nH]4)c4ccccc34)C21. The highest BCUT2D eigenvalue weighted by molar-refractivity contribution is 6.02. The normalized spacial score (nSPS) is 17.2. The molecule has 0 spiro atoms. The number of H-pyrrole nitrogens is 1. The van der Waals surface area contributed by atoms with E-state index in [9.17, 15) is 9.59 Å². The monoisotopic (exact) mass is 426 g/mol. The molecule has 8 heteroatoms. The first-order valence-electron chi connectivity index (χ1n) is 10.7. The van der Waals surface area contributed by atoms with E-state index in [1.165, 1.54) is 5.56 Å². The number of rotatable bonds is 3. The predicted octanol–water partition coefficient (Wildman–Crippen LogP) is 3.15. The molecule has 4 heterocycles. The van der Waals surface area contributed by atoms with E-state index in [2.05, 4.69) is 30.8 Å². The molecule has 2 N–H and O–H groups in total. The number of hydrogen-bond donors (Lipinski definition) is 2. The van der Waals surface area contributed by atoms with Crippen molar-refractivity contribution in [2.75, 3.05) is 23.8 Å². The quantitative estimate of drug-likeness (QED) is 0.527. The molecule has 2 aliphatic heterocycles. The zero-order valence-electron chi connectivity index (χ0n) is 17.6. The van der Waals surface area contributed by atoms with Crippen LogP contribution in [-0.4, -0.2) is 44.8 Å². The van der Waals surface area contributed by atoms with Crippen LogP contribution in [0.2, 0.25) is 0 Å². The number of nitrogens with zero attached hydrogens (tertiary/aromatic N) is 4. The van der Waals surface area contributed by atoms with E-state index in [0.29, 0.717) is 18.1 Å². The third-order valence-electron chi connectivity index (χ3n) is 6.46. The van der Waals surface area contributed by atoms with Crippen molar-refractivity contribution in [1.82, 2.24) is 19.4 Å².